The van der Waals surface area contributed by atoms with Crippen LogP contribution in [-0.2, 0) is 10.8 Å². The van der Waals surface area contributed by atoms with E-state index < -0.39 is 0 Å². The van der Waals surface area contributed by atoms with E-state index in [4.69, 9.17) is 0 Å². The maximum atomic E-state index is 2.47. The number of nitrogens with zero attached hydrogens (tertiary/aromatic N) is 1. The molecule has 0 radical (unpaired) electrons. The summed E-state index contributed by atoms with van der Waals surface area (Å²) >= 11 is 0. The van der Waals surface area contributed by atoms with Gasteiger partial charge in [0.15, 0.2) is 0 Å². The first-order valence-electron chi connectivity index (χ1n) is 18.8. The molecular formula is C52H41N. The summed E-state index contributed by atoms with van der Waals surface area (Å²) in [6.07, 6.45) is 0. The van der Waals surface area contributed by atoms with Crippen LogP contribution in [0.5, 0.6) is 0 Å². The third-order valence-corrected chi connectivity index (χ3v) is 12.1. The molecule has 0 saturated heterocycles. The monoisotopic (exact) mass is 679 g/mol. The average molecular weight is 680 g/mol. The summed E-state index contributed by atoms with van der Waals surface area (Å²) in [5.41, 5.74) is 19.1. The fourth-order valence-corrected chi connectivity index (χ4v) is 9.49. The Morgan fingerprint density at radius 2 is 0.887 bits per heavy atom. The van der Waals surface area contributed by atoms with E-state index in [0.29, 0.717) is 0 Å². The van der Waals surface area contributed by atoms with Gasteiger partial charge in [0, 0.05) is 27.8 Å². The predicted molar refractivity (Wildman–Crippen MR) is 225 cm³/mol. The summed E-state index contributed by atoms with van der Waals surface area (Å²) in [5, 5.41) is 2.50. The Balaban J connectivity index is 1.16. The quantitative estimate of drug-likeness (QED) is 0.175. The van der Waals surface area contributed by atoms with Crippen molar-refractivity contribution in [2.75, 3.05) is 4.90 Å². The molecule has 10 rings (SSSR count). The van der Waals surface area contributed by atoms with Crippen molar-refractivity contribution in [3.63, 3.8) is 0 Å². The van der Waals surface area contributed by atoms with Gasteiger partial charge in [0.2, 0.25) is 0 Å². The SMILES string of the molecule is CC1(C)c2ccccc2-c2ccc(N(c3ccc(-c4cccc5c4C(C)(C)c4ccccc4-5)cc3)c3ccccc3-c3cccc4ccccc34)cc21. The minimum atomic E-state index is -0.106. The summed E-state index contributed by atoms with van der Waals surface area (Å²) in [6, 6.07) is 65.3. The van der Waals surface area contributed by atoms with Crippen LogP contribution in [0.25, 0.3) is 55.3 Å². The highest BCUT2D eigenvalue weighted by atomic mass is 15.1. The summed E-state index contributed by atoms with van der Waals surface area (Å²) in [7, 11) is 0. The van der Waals surface area contributed by atoms with Crippen molar-refractivity contribution in [3.05, 3.63) is 198 Å². The molecule has 0 saturated carbocycles. The maximum Gasteiger partial charge on any atom is 0.0540 e. The lowest BCUT2D eigenvalue weighted by atomic mass is 9.79. The van der Waals surface area contributed by atoms with Crippen LogP contribution in [0.2, 0.25) is 0 Å². The molecule has 0 atom stereocenters. The zero-order valence-electron chi connectivity index (χ0n) is 30.7. The van der Waals surface area contributed by atoms with Gasteiger partial charge >= 0.3 is 0 Å². The van der Waals surface area contributed by atoms with Crippen LogP contribution in [0.4, 0.5) is 17.1 Å². The zero-order chi connectivity index (χ0) is 35.9. The largest absolute Gasteiger partial charge is 0.310 e. The van der Waals surface area contributed by atoms with Gasteiger partial charge < -0.3 is 4.90 Å². The van der Waals surface area contributed by atoms with Crippen molar-refractivity contribution < 1.29 is 0 Å². The van der Waals surface area contributed by atoms with E-state index in [0.717, 1.165) is 17.1 Å². The molecule has 2 aliphatic rings. The Morgan fingerprint density at radius 3 is 1.68 bits per heavy atom. The highest BCUT2D eigenvalue weighted by Crippen LogP contribution is 2.54. The Labute approximate surface area is 312 Å². The summed E-state index contributed by atoms with van der Waals surface area (Å²) in [4.78, 5) is 2.47. The fourth-order valence-electron chi connectivity index (χ4n) is 9.49. The second-order valence-electron chi connectivity index (χ2n) is 15.7. The molecule has 8 aromatic carbocycles. The first-order valence-corrected chi connectivity index (χ1v) is 18.8. The molecule has 1 nitrogen and oxygen atoms in total. The standard InChI is InChI=1S/C52H41N/c1-51(2)46-24-10-7-18-41(46)43-32-31-37(33-48(43)51)53(49-26-12-9-20-44(49)40-22-13-16-34-15-5-6-17-38(34)40)36-29-27-35(28-30-36)39-21-14-23-45-42-19-8-11-25-47(42)52(3,4)50(39)45/h5-33H,1-4H3. The molecule has 254 valence electrons. The van der Waals surface area contributed by atoms with E-state index in [-0.39, 0.29) is 10.8 Å². The van der Waals surface area contributed by atoms with Crippen LogP contribution in [0, 0.1) is 0 Å². The second kappa shape index (κ2) is 11.7. The van der Waals surface area contributed by atoms with Gasteiger partial charge in [-0.15, -0.1) is 0 Å². The molecule has 0 aromatic heterocycles. The summed E-state index contributed by atoms with van der Waals surface area (Å²) < 4.78 is 0. The van der Waals surface area contributed by atoms with Gasteiger partial charge in [-0.3, -0.25) is 0 Å². The van der Waals surface area contributed by atoms with E-state index in [1.54, 1.807) is 0 Å². The van der Waals surface area contributed by atoms with Crippen LogP contribution in [0.15, 0.2) is 176 Å². The lowest BCUT2D eigenvalue weighted by molar-refractivity contribution is 0.660. The number of fused-ring (bicyclic) bond motifs is 7. The predicted octanol–water partition coefficient (Wildman–Crippen LogP) is 14.3. The molecule has 0 aliphatic heterocycles. The zero-order valence-corrected chi connectivity index (χ0v) is 30.7. The van der Waals surface area contributed by atoms with Crippen LogP contribution >= 0.6 is 0 Å². The van der Waals surface area contributed by atoms with Crippen molar-refractivity contribution in [3.8, 4) is 44.5 Å². The Kier molecular flexibility index (Phi) is 6.94. The van der Waals surface area contributed by atoms with Crippen LogP contribution in [0.1, 0.15) is 49.9 Å². The molecule has 0 bridgehead atoms. The van der Waals surface area contributed by atoms with Crippen LogP contribution < -0.4 is 4.90 Å². The molecule has 0 amide bonds. The highest BCUT2D eigenvalue weighted by Gasteiger charge is 2.38. The second-order valence-corrected chi connectivity index (χ2v) is 15.7. The van der Waals surface area contributed by atoms with Crippen molar-refractivity contribution in [1.82, 2.24) is 0 Å². The van der Waals surface area contributed by atoms with E-state index in [9.17, 15) is 0 Å². The lowest BCUT2D eigenvalue weighted by Gasteiger charge is -2.30. The molecule has 8 aromatic rings. The van der Waals surface area contributed by atoms with Gasteiger partial charge in [0.05, 0.1) is 5.69 Å². The van der Waals surface area contributed by atoms with Crippen LogP contribution in [0.3, 0.4) is 0 Å². The molecule has 53 heavy (non-hydrogen) atoms. The summed E-state index contributed by atoms with van der Waals surface area (Å²) in [6.45, 7) is 9.47. The number of benzene rings is 8. The third kappa shape index (κ3) is 4.70. The molecular weight excluding hydrogens is 639 g/mol. The molecule has 0 unspecified atom stereocenters. The lowest BCUT2D eigenvalue weighted by Crippen LogP contribution is -2.17. The Bertz CT molecular complexity index is 2720. The smallest absolute Gasteiger partial charge is 0.0540 e. The van der Waals surface area contributed by atoms with Crippen molar-refractivity contribution in [1.29, 1.82) is 0 Å². The normalized spacial score (nSPS) is 14.3. The van der Waals surface area contributed by atoms with Crippen molar-refractivity contribution in [2.24, 2.45) is 0 Å². The first-order chi connectivity index (χ1) is 25.8. The number of anilines is 3. The van der Waals surface area contributed by atoms with Crippen LogP contribution in [-0.4, -0.2) is 0 Å². The number of rotatable bonds is 5. The van der Waals surface area contributed by atoms with Gasteiger partial charge in [0.25, 0.3) is 0 Å². The molecule has 0 N–H and O–H groups in total. The number of hydrogen-bond acceptors (Lipinski definition) is 1. The fraction of sp³-hybridized carbons (Fsp3) is 0.115. The molecule has 0 fully saturated rings. The van der Waals surface area contributed by atoms with E-state index >= 15 is 0 Å². The minimum Gasteiger partial charge on any atom is -0.310 e. The highest BCUT2D eigenvalue weighted by molar-refractivity contribution is 6.01. The van der Waals surface area contributed by atoms with Gasteiger partial charge in [0.1, 0.15) is 0 Å². The molecule has 0 heterocycles. The topological polar surface area (TPSA) is 3.24 Å². The van der Waals surface area contributed by atoms with Gasteiger partial charge in [-0.2, -0.15) is 0 Å². The number of hydrogen-bond donors (Lipinski definition) is 0. The van der Waals surface area contributed by atoms with Gasteiger partial charge in [-0.05, 0) is 102 Å². The Hall–Kier alpha value is -6.18. The van der Waals surface area contributed by atoms with E-state index in [1.807, 2.05) is 0 Å². The van der Waals surface area contributed by atoms with Crippen molar-refractivity contribution >= 4 is 27.8 Å². The first kappa shape index (κ1) is 31.5. The van der Waals surface area contributed by atoms with Gasteiger partial charge in [-0.1, -0.05) is 173 Å². The Morgan fingerprint density at radius 1 is 0.358 bits per heavy atom. The summed E-state index contributed by atoms with van der Waals surface area (Å²) in [5.74, 6) is 0. The molecule has 1 heteroatoms. The van der Waals surface area contributed by atoms with Gasteiger partial charge in [-0.25, -0.2) is 0 Å². The average Bonchev–Trinajstić information content (AvgIpc) is 3.58. The molecule has 2 aliphatic carbocycles. The third-order valence-electron chi connectivity index (χ3n) is 12.1. The number of para-hydroxylation sites is 1. The van der Waals surface area contributed by atoms with E-state index in [2.05, 4.69) is 209 Å². The van der Waals surface area contributed by atoms with Crippen molar-refractivity contribution in [2.45, 2.75) is 38.5 Å². The molecule has 0 spiro atoms. The maximum absolute atomic E-state index is 2.47. The van der Waals surface area contributed by atoms with E-state index in [1.165, 1.54) is 77.5 Å². The minimum absolute atomic E-state index is 0.0839.